The summed E-state index contributed by atoms with van der Waals surface area (Å²) < 4.78 is 41.3. The molecule has 0 bridgehead atoms. The first-order valence-electron chi connectivity index (χ1n) is 10.2. The largest absolute Gasteiger partial charge is 0.420 e. The van der Waals surface area contributed by atoms with Gasteiger partial charge in [0.25, 0.3) is 5.91 Å². The number of hydrogen-bond acceptors (Lipinski definition) is 7. The van der Waals surface area contributed by atoms with Gasteiger partial charge in [0, 0.05) is 25.8 Å². The van der Waals surface area contributed by atoms with E-state index in [0.29, 0.717) is 40.9 Å². The van der Waals surface area contributed by atoms with E-state index in [4.69, 9.17) is 11.6 Å². The fourth-order valence-electron chi connectivity index (χ4n) is 3.81. The van der Waals surface area contributed by atoms with Crippen molar-refractivity contribution in [2.75, 3.05) is 30.3 Å². The lowest BCUT2D eigenvalue weighted by Gasteiger charge is -2.19. The minimum atomic E-state index is -4.67. The van der Waals surface area contributed by atoms with Gasteiger partial charge >= 0.3 is 6.18 Å². The maximum atomic E-state index is 13.8. The van der Waals surface area contributed by atoms with Crippen LogP contribution in [-0.2, 0) is 19.1 Å². The van der Waals surface area contributed by atoms with E-state index < -0.39 is 11.7 Å². The van der Waals surface area contributed by atoms with Crippen LogP contribution in [0.15, 0.2) is 24.4 Å². The molecule has 12 heteroatoms. The highest BCUT2D eigenvalue weighted by Crippen LogP contribution is 2.42. The Morgan fingerprint density at radius 3 is 2.73 bits per heavy atom. The van der Waals surface area contributed by atoms with Crippen LogP contribution in [0.1, 0.15) is 27.0 Å². The molecule has 5 rings (SSSR count). The maximum absolute atomic E-state index is 13.8. The third-order valence-electron chi connectivity index (χ3n) is 5.42. The second-order valence-electron chi connectivity index (χ2n) is 7.64. The van der Waals surface area contributed by atoms with Gasteiger partial charge in [-0.05, 0) is 42.3 Å². The number of nitrogens with zero attached hydrogens (tertiary/aromatic N) is 2. The number of rotatable bonds is 3. The zero-order chi connectivity index (χ0) is 23.2. The van der Waals surface area contributed by atoms with Crippen LogP contribution in [-0.4, -0.2) is 35.5 Å². The third-order valence-corrected chi connectivity index (χ3v) is 6.83. The smallest absolute Gasteiger partial charge is 0.374 e. The van der Waals surface area contributed by atoms with Crippen LogP contribution in [0.5, 0.6) is 0 Å². The zero-order valence-corrected chi connectivity index (χ0v) is 18.6. The first-order chi connectivity index (χ1) is 15.8. The average molecular weight is 495 g/mol. The second kappa shape index (κ2) is 8.47. The molecule has 0 fully saturated rings. The van der Waals surface area contributed by atoms with Gasteiger partial charge in [-0.1, -0.05) is 11.6 Å². The quantitative estimate of drug-likeness (QED) is 0.431. The Bertz CT molecular complexity index is 1250. The van der Waals surface area contributed by atoms with Gasteiger partial charge in [-0.25, -0.2) is 9.97 Å². The van der Waals surface area contributed by atoms with Crippen LogP contribution >= 0.6 is 22.9 Å². The molecular formula is C21H18ClF3N6OS. The molecule has 3 aromatic rings. The summed E-state index contributed by atoms with van der Waals surface area (Å²) in [5.41, 5.74) is 1.72. The summed E-state index contributed by atoms with van der Waals surface area (Å²) >= 11 is 7.44. The summed E-state index contributed by atoms with van der Waals surface area (Å²) in [6, 6.07) is 5.13. The molecule has 0 saturated carbocycles. The molecule has 2 aliphatic rings. The predicted octanol–water partition coefficient (Wildman–Crippen LogP) is 4.42. The lowest BCUT2D eigenvalue weighted by atomic mass is 10.0. The van der Waals surface area contributed by atoms with Gasteiger partial charge in [0.05, 0.1) is 26.8 Å². The zero-order valence-electron chi connectivity index (χ0n) is 17.1. The number of aromatic nitrogens is 2. The highest BCUT2D eigenvalue weighted by atomic mass is 35.5. The van der Waals surface area contributed by atoms with E-state index in [-0.39, 0.29) is 22.4 Å². The minimum absolute atomic E-state index is 0.0187. The van der Waals surface area contributed by atoms with Crippen LogP contribution < -0.4 is 21.3 Å². The molecule has 172 valence electrons. The van der Waals surface area contributed by atoms with Gasteiger partial charge in [-0.2, -0.15) is 13.2 Å². The van der Waals surface area contributed by atoms with Gasteiger partial charge in [0.15, 0.2) is 0 Å². The summed E-state index contributed by atoms with van der Waals surface area (Å²) in [5.74, 6) is -0.358. The number of carbonyl (C=O) groups is 1. The standard InChI is InChI=1S/C21H18ClF3N6OS/c22-14-5-11-8-26-2-1-10(11)6-15(14)30-20-29-9-13(21(23,24)25)17(31-20)16-7-12-18(32)27-3-4-28-19(12)33-16/h5-7,9,26,28H,1-4,8H2,(H,27,32)(H,29,30,31). The minimum Gasteiger partial charge on any atom is -0.374 e. The highest BCUT2D eigenvalue weighted by Gasteiger charge is 2.36. The fourth-order valence-corrected chi connectivity index (χ4v) is 5.13. The van der Waals surface area contributed by atoms with E-state index in [2.05, 4.69) is 31.2 Å². The number of fused-ring (bicyclic) bond motifs is 2. The predicted molar refractivity (Wildman–Crippen MR) is 121 cm³/mol. The van der Waals surface area contributed by atoms with Crippen molar-refractivity contribution in [2.24, 2.45) is 0 Å². The Kier molecular flexibility index (Phi) is 5.63. The van der Waals surface area contributed by atoms with E-state index in [0.717, 1.165) is 41.6 Å². The Morgan fingerprint density at radius 1 is 1.09 bits per heavy atom. The molecule has 0 atom stereocenters. The molecule has 4 N–H and O–H groups in total. The Balaban J connectivity index is 1.55. The molecule has 0 spiro atoms. The van der Waals surface area contributed by atoms with Crippen molar-refractivity contribution in [1.29, 1.82) is 0 Å². The number of amides is 1. The lowest BCUT2D eigenvalue weighted by molar-refractivity contribution is -0.137. The van der Waals surface area contributed by atoms with Gasteiger partial charge in [-0.3, -0.25) is 4.79 Å². The van der Waals surface area contributed by atoms with Crippen LogP contribution in [0.2, 0.25) is 5.02 Å². The first-order valence-corrected chi connectivity index (χ1v) is 11.4. The summed E-state index contributed by atoms with van der Waals surface area (Å²) in [7, 11) is 0. The molecule has 2 aliphatic heterocycles. The van der Waals surface area contributed by atoms with Crippen molar-refractivity contribution in [3.8, 4) is 10.6 Å². The molecule has 33 heavy (non-hydrogen) atoms. The molecule has 1 aromatic carbocycles. The monoisotopic (exact) mass is 494 g/mol. The molecule has 0 saturated heterocycles. The summed E-state index contributed by atoms with van der Waals surface area (Å²) in [6.07, 6.45) is -3.10. The Labute approximate surface area is 195 Å². The number of nitrogens with one attached hydrogen (secondary N) is 4. The van der Waals surface area contributed by atoms with E-state index in [1.54, 1.807) is 0 Å². The number of thiophene rings is 1. The van der Waals surface area contributed by atoms with Crippen LogP contribution in [0, 0.1) is 0 Å². The van der Waals surface area contributed by atoms with Gasteiger partial charge < -0.3 is 21.3 Å². The topological polar surface area (TPSA) is 91.0 Å². The average Bonchev–Trinajstić information content (AvgIpc) is 3.13. The number of alkyl halides is 3. The molecule has 0 aliphatic carbocycles. The van der Waals surface area contributed by atoms with Crippen LogP contribution in [0.25, 0.3) is 10.6 Å². The summed E-state index contributed by atoms with van der Waals surface area (Å²) in [6.45, 7) is 2.46. The molecule has 2 aromatic heterocycles. The van der Waals surface area contributed by atoms with E-state index >= 15 is 0 Å². The van der Waals surface area contributed by atoms with E-state index in [9.17, 15) is 18.0 Å². The van der Waals surface area contributed by atoms with Crippen molar-refractivity contribution in [1.82, 2.24) is 20.6 Å². The van der Waals surface area contributed by atoms with E-state index in [1.165, 1.54) is 6.07 Å². The van der Waals surface area contributed by atoms with Gasteiger partial charge in [-0.15, -0.1) is 11.3 Å². The van der Waals surface area contributed by atoms with Gasteiger partial charge in [0.1, 0.15) is 10.6 Å². The SMILES string of the molecule is O=C1NCCNc2sc(-c3nc(Nc4cc5c(cc4Cl)CNCC5)ncc3C(F)(F)F)cc21. The molecule has 1 amide bonds. The number of benzene rings is 1. The van der Waals surface area contributed by atoms with Crippen molar-refractivity contribution < 1.29 is 18.0 Å². The van der Waals surface area contributed by atoms with Crippen LogP contribution in [0.4, 0.5) is 29.8 Å². The summed E-state index contributed by atoms with van der Waals surface area (Å²) in [4.78, 5) is 20.6. The lowest BCUT2D eigenvalue weighted by Crippen LogP contribution is -2.24. The first kappa shape index (κ1) is 21.9. The number of hydrogen-bond donors (Lipinski definition) is 4. The molecule has 7 nitrogen and oxygen atoms in total. The number of halogens is 4. The molecule has 4 heterocycles. The van der Waals surface area contributed by atoms with E-state index in [1.807, 2.05) is 12.1 Å². The molecule has 0 unspecified atom stereocenters. The van der Waals surface area contributed by atoms with Crippen molar-refractivity contribution >= 4 is 45.5 Å². The maximum Gasteiger partial charge on any atom is 0.420 e. The number of carbonyl (C=O) groups excluding carboxylic acids is 1. The highest BCUT2D eigenvalue weighted by molar-refractivity contribution is 7.19. The second-order valence-corrected chi connectivity index (χ2v) is 9.10. The Morgan fingerprint density at radius 2 is 1.91 bits per heavy atom. The normalized spacial score (nSPS) is 15.7. The molecule has 0 radical (unpaired) electrons. The molecular weight excluding hydrogens is 477 g/mol. The van der Waals surface area contributed by atoms with Crippen molar-refractivity contribution in [3.05, 3.63) is 51.7 Å². The fraction of sp³-hybridized carbons (Fsp3) is 0.286. The van der Waals surface area contributed by atoms with Crippen molar-refractivity contribution in [3.63, 3.8) is 0 Å². The van der Waals surface area contributed by atoms with Gasteiger partial charge in [0.2, 0.25) is 5.95 Å². The summed E-state index contributed by atoms with van der Waals surface area (Å²) in [5, 5.41) is 12.9. The third kappa shape index (κ3) is 4.35. The Hall–Kier alpha value is -2.89. The van der Waals surface area contributed by atoms with Crippen LogP contribution in [0.3, 0.4) is 0 Å². The van der Waals surface area contributed by atoms with Crippen molar-refractivity contribution in [2.45, 2.75) is 19.1 Å². The number of anilines is 3.